The second-order valence-corrected chi connectivity index (χ2v) is 8.11. The minimum atomic E-state index is -0.289. The molecular weight excluding hydrogens is 350 g/mol. The smallest absolute Gasteiger partial charge is 0.261 e. The van der Waals surface area contributed by atoms with Gasteiger partial charge in [0, 0.05) is 6.42 Å². The van der Waals surface area contributed by atoms with Crippen molar-refractivity contribution in [1.82, 2.24) is 5.32 Å². The zero-order chi connectivity index (χ0) is 18.3. The molecular formula is C20H21NO4S. The van der Waals surface area contributed by atoms with Gasteiger partial charge in [0.2, 0.25) is 0 Å². The Labute approximate surface area is 156 Å². The predicted octanol–water partition coefficient (Wildman–Crippen LogP) is 3.13. The third-order valence-corrected chi connectivity index (χ3v) is 6.34. The van der Waals surface area contributed by atoms with E-state index >= 15 is 0 Å². The standard InChI is InChI=1S/C20H21NO4S/c1-11(22)17-4-5-18(26-17)20(24)21-19(14-9-15(23)10-14)13-2-3-16-12(8-13)6-7-25-16/h2-5,8,14-15,19,23H,6-7,9-10H2,1H3,(H,21,24)/t14?,15?,19-/m0/s1. The Morgan fingerprint density at radius 3 is 2.69 bits per heavy atom. The van der Waals surface area contributed by atoms with Crippen LogP contribution in [-0.4, -0.2) is 29.5 Å². The molecule has 2 N–H and O–H groups in total. The van der Waals surface area contributed by atoms with E-state index in [4.69, 9.17) is 4.74 Å². The molecule has 1 aromatic carbocycles. The van der Waals surface area contributed by atoms with Crippen LogP contribution in [0.3, 0.4) is 0 Å². The molecule has 1 aliphatic heterocycles. The van der Waals surface area contributed by atoms with E-state index in [9.17, 15) is 14.7 Å². The third-order valence-electron chi connectivity index (χ3n) is 5.16. The SMILES string of the molecule is CC(=O)c1ccc(C(=O)N[C@@H](c2ccc3c(c2)CCO3)C2CC(O)C2)s1. The van der Waals surface area contributed by atoms with Gasteiger partial charge < -0.3 is 15.2 Å². The molecule has 4 rings (SSSR count). The maximum absolute atomic E-state index is 12.7. The van der Waals surface area contributed by atoms with Crippen molar-refractivity contribution >= 4 is 23.0 Å². The molecule has 0 bridgehead atoms. The van der Waals surface area contributed by atoms with E-state index in [0.29, 0.717) is 29.2 Å². The average molecular weight is 371 g/mol. The van der Waals surface area contributed by atoms with Crippen LogP contribution in [0, 0.1) is 5.92 Å². The number of carbonyl (C=O) groups is 2. The molecule has 1 fully saturated rings. The van der Waals surface area contributed by atoms with Gasteiger partial charge in [-0.25, -0.2) is 0 Å². The highest BCUT2D eigenvalue weighted by Gasteiger charge is 2.36. The molecule has 5 nitrogen and oxygen atoms in total. The lowest BCUT2D eigenvalue weighted by molar-refractivity contribution is 0.0235. The van der Waals surface area contributed by atoms with E-state index in [1.807, 2.05) is 12.1 Å². The Bertz CT molecular complexity index is 853. The first kappa shape index (κ1) is 17.2. The first-order valence-corrected chi connectivity index (χ1v) is 9.68. The second-order valence-electron chi connectivity index (χ2n) is 7.02. The van der Waals surface area contributed by atoms with E-state index in [2.05, 4.69) is 11.4 Å². The van der Waals surface area contributed by atoms with Gasteiger partial charge in [0.05, 0.1) is 28.5 Å². The van der Waals surface area contributed by atoms with Crippen LogP contribution >= 0.6 is 11.3 Å². The topological polar surface area (TPSA) is 75.6 Å². The molecule has 136 valence electrons. The summed E-state index contributed by atoms with van der Waals surface area (Å²) < 4.78 is 5.57. The van der Waals surface area contributed by atoms with Crippen LogP contribution in [0.15, 0.2) is 30.3 Å². The van der Waals surface area contributed by atoms with E-state index in [1.54, 1.807) is 12.1 Å². The van der Waals surface area contributed by atoms with Crippen LogP contribution in [0.4, 0.5) is 0 Å². The predicted molar refractivity (Wildman–Crippen MR) is 98.9 cm³/mol. The molecule has 2 aliphatic rings. The number of aliphatic hydroxyl groups is 1. The number of fused-ring (bicyclic) bond motifs is 1. The van der Waals surface area contributed by atoms with Gasteiger partial charge in [0.15, 0.2) is 5.78 Å². The molecule has 2 heterocycles. The van der Waals surface area contributed by atoms with Crippen molar-refractivity contribution in [2.45, 2.75) is 38.3 Å². The number of Topliss-reactive ketones (excluding diaryl/α,β-unsaturated/α-hetero) is 1. The van der Waals surface area contributed by atoms with Gasteiger partial charge in [-0.3, -0.25) is 9.59 Å². The number of rotatable bonds is 5. The van der Waals surface area contributed by atoms with Crippen molar-refractivity contribution in [3.05, 3.63) is 51.2 Å². The zero-order valence-electron chi connectivity index (χ0n) is 14.5. The van der Waals surface area contributed by atoms with Gasteiger partial charge in [0.25, 0.3) is 5.91 Å². The summed E-state index contributed by atoms with van der Waals surface area (Å²) in [6, 6.07) is 9.30. The first-order chi connectivity index (χ1) is 12.5. The molecule has 0 spiro atoms. The number of amides is 1. The van der Waals surface area contributed by atoms with Crippen molar-refractivity contribution in [3.63, 3.8) is 0 Å². The van der Waals surface area contributed by atoms with Crippen LogP contribution in [0.5, 0.6) is 5.75 Å². The summed E-state index contributed by atoms with van der Waals surface area (Å²) in [7, 11) is 0. The molecule has 0 radical (unpaired) electrons. The Morgan fingerprint density at radius 2 is 2.00 bits per heavy atom. The van der Waals surface area contributed by atoms with E-state index in [-0.39, 0.29) is 29.8 Å². The second kappa shape index (κ2) is 6.85. The van der Waals surface area contributed by atoms with Crippen LogP contribution in [0.25, 0.3) is 0 Å². The van der Waals surface area contributed by atoms with Crippen molar-refractivity contribution in [2.24, 2.45) is 5.92 Å². The maximum Gasteiger partial charge on any atom is 0.261 e. The number of ether oxygens (including phenoxy) is 1. The molecule has 0 unspecified atom stereocenters. The maximum atomic E-state index is 12.7. The monoisotopic (exact) mass is 371 g/mol. The highest BCUT2D eigenvalue weighted by molar-refractivity contribution is 7.15. The summed E-state index contributed by atoms with van der Waals surface area (Å²) in [4.78, 5) is 25.3. The molecule has 26 heavy (non-hydrogen) atoms. The highest BCUT2D eigenvalue weighted by Crippen LogP contribution is 2.40. The summed E-state index contributed by atoms with van der Waals surface area (Å²) in [5.74, 6) is 0.912. The number of carbonyl (C=O) groups excluding carboxylic acids is 2. The van der Waals surface area contributed by atoms with Crippen LogP contribution < -0.4 is 10.1 Å². The summed E-state index contributed by atoms with van der Waals surface area (Å²) in [5.41, 5.74) is 2.21. The van der Waals surface area contributed by atoms with E-state index < -0.39 is 0 Å². The van der Waals surface area contributed by atoms with Gasteiger partial charge in [0.1, 0.15) is 5.75 Å². The molecule has 1 amide bonds. The number of aliphatic hydroxyl groups excluding tert-OH is 1. The lowest BCUT2D eigenvalue weighted by atomic mass is 9.75. The van der Waals surface area contributed by atoms with Crippen LogP contribution in [0.1, 0.15) is 56.3 Å². The van der Waals surface area contributed by atoms with Gasteiger partial charge in [-0.15, -0.1) is 11.3 Å². The number of thiophene rings is 1. The van der Waals surface area contributed by atoms with Crippen molar-refractivity contribution in [1.29, 1.82) is 0 Å². The van der Waals surface area contributed by atoms with E-state index in [0.717, 1.165) is 23.3 Å². The quantitative estimate of drug-likeness (QED) is 0.792. The minimum Gasteiger partial charge on any atom is -0.493 e. The lowest BCUT2D eigenvalue weighted by Crippen LogP contribution is -2.41. The highest BCUT2D eigenvalue weighted by atomic mass is 32.1. The molecule has 1 aliphatic carbocycles. The van der Waals surface area contributed by atoms with Crippen molar-refractivity contribution in [3.8, 4) is 5.75 Å². The minimum absolute atomic E-state index is 0.0358. The summed E-state index contributed by atoms with van der Waals surface area (Å²) in [5, 5.41) is 12.8. The number of hydrogen-bond donors (Lipinski definition) is 2. The summed E-state index contributed by atoms with van der Waals surface area (Å²) >= 11 is 1.21. The van der Waals surface area contributed by atoms with Crippen molar-refractivity contribution in [2.75, 3.05) is 6.61 Å². The van der Waals surface area contributed by atoms with Crippen LogP contribution in [0.2, 0.25) is 0 Å². The largest absolute Gasteiger partial charge is 0.493 e. The summed E-state index contributed by atoms with van der Waals surface area (Å²) in [6.45, 7) is 2.19. The molecule has 1 saturated carbocycles. The average Bonchev–Trinajstić information content (AvgIpc) is 3.25. The van der Waals surface area contributed by atoms with Crippen LogP contribution in [-0.2, 0) is 6.42 Å². The molecule has 0 saturated heterocycles. The molecule has 1 aromatic heterocycles. The van der Waals surface area contributed by atoms with E-state index in [1.165, 1.54) is 18.3 Å². The first-order valence-electron chi connectivity index (χ1n) is 8.86. The normalized spacial score (nSPS) is 22.1. The number of nitrogens with one attached hydrogen (secondary N) is 1. The number of hydrogen-bond acceptors (Lipinski definition) is 5. The number of ketones is 1. The molecule has 2 aromatic rings. The molecule has 1 atom stereocenters. The van der Waals surface area contributed by atoms with Gasteiger partial charge >= 0.3 is 0 Å². The zero-order valence-corrected chi connectivity index (χ0v) is 15.3. The fourth-order valence-electron chi connectivity index (χ4n) is 3.64. The summed E-state index contributed by atoms with van der Waals surface area (Å²) in [6.07, 6.45) is 1.95. The third kappa shape index (κ3) is 3.27. The lowest BCUT2D eigenvalue weighted by Gasteiger charge is -2.38. The Kier molecular flexibility index (Phi) is 4.54. The fraction of sp³-hybridized carbons (Fsp3) is 0.400. The molecule has 6 heteroatoms. The Balaban J connectivity index is 1.57. The van der Waals surface area contributed by atoms with Gasteiger partial charge in [-0.05, 0) is 61.1 Å². The fourth-order valence-corrected chi connectivity index (χ4v) is 4.44. The van der Waals surface area contributed by atoms with Crippen molar-refractivity contribution < 1.29 is 19.4 Å². The van der Waals surface area contributed by atoms with Gasteiger partial charge in [-0.1, -0.05) is 6.07 Å². The Hall–Kier alpha value is -2.18. The Morgan fingerprint density at radius 1 is 1.23 bits per heavy atom. The number of benzene rings is 1. The van der Waals surface area contributed by atoms with Gasteiger partial charge in [-0.2, -0.15) is 0 Å².